The molecule has 0 aromatic heterocycles. The maximum absolute atomic E-state index is 14.7. The molecule has 30 heavy (non-hydrogen) atoms. The minimum absolute atomic E-state index is 0.132. The first-order valence-corrected chi connectivity index (χ1v) is 11.3. The lowest BCUT2D eigenvalue weighted by atomic mass is 9.92. The average Bonchev–Trinajstić information content (AvgIpc) is 2.76. The summed E-state index contributed by atoms with van der Waals surface area (Å²) in [5.74, 6) is 0.724. The Kier molecular flexibility index (Phi) is 7.64. The van der Waals surface area contributed by atoms with E-state index in [1.165, 1.54) is 5.56 Å². The first-order valence-electron chi connectivity index (χ1n) is 10.3. The van der Waals surface area contributed by atoms with Gasteiger partial charge in [0, 0.05) is 29.6 Å². The summed E-state index contributed by atoms with van der Waals surface area (Å²) in [6.07, 6.45) is 1.65. The summed E-state index contributed by atoms with van der Waals surface area (Å²) in [5, 5.41) is 0.552. The molecule has 0 fully saturated rings. The number of rotatable bonds is 9. The molecule has 3 aromatic rings. The summed E-state index contributed by atoms with van der Waals surface area (Å²) in [5.41, 5.74) is 4.44. The molecule has 0 spiro atoms. The third-order valence-corrected chi connectivity index (χ3v) is 7.64. The van der Waals surface area contributed by atoms with Crippen LogP contribution in [0.5, 0.6) is 5.75 Å². The number of benzene rings is 3. The van der Waals surface area contributed by atoms with E-state index in [4.69, 9.17) is 9.47 Å². The van der Waals surface area contributed by atoms with Gasteiger partial charge in [-0.25, -0.2) is 4.39 Å². The van der Waals surface area contributed by atoms with E-state index in [0.717, 1.165) is 40.6 Å². The molecule has 2 nitrogen and oxygen atoms in total. The van der Waals surface area contributed by atoms with E-state index >= 15 is 0 Å². The van der Waals surface area contributed by atoms with E-state index in [0.29, 0.717) is 8.58 Å². The Balaban J connectivity index is 2.06. The van der Waals surface area contributed by atoms with Gasteiger partial charge in [-0.15, -0.1) is 0 Å². The van der Waals surface area contributed by atoms with E-state index in [2.05, 4.69) is 44.2 Å². The number of ether oxygens (including phenoxy) is 2. The van der Waals surface area contributed by atoms with Crippen molar-refractivity contribution in [3.8, 4) is 5.75 Å². The van der Waals surface area contributed by atoms with Crippen LogP contribution in [0.1, 0.15) is 42.5 Å². The Hall–Kier alpha value is -2.22. The molecule has 3 rings (SSSR count). The van der Waals surface area contributed by atoms with Gasteiger partial charge in [0.2, 0.25) is 0 Å². The highest BCUT2D eigenvalue weighted by molar-refractivity contribution is 7.48. The van der Waals surface area contributed by atoms with Crippen molar-refractivity contribution in [1.82, 2.24) is 0 Å². The highest BCUT2D eigenvalue weighted by Crippen LogP contribution is 2.49. The van der Waals surface area contributed by atoms with E-state index in [9.17, 15) is 4.39 Å². The van der Waals surface area contributed by atoms with Crippen LogP contribution in [0.25, 0.3) is 0 Å². The lowest BCUT2D eigenvalue weighted by Crippen LogP contribution is -2.23. The lowest BCUT2D eigenvalue weighted by molar-refractivity contribution is 0.0494. The van der Waals surface area contributed by atoms with Gasteiger partial charge >= 0.3 is 0 Å². The maximum Gasteiger partial charge on any atom is 0.188 e. The van der Waals surface area contributed by atoms with E-state index in [1.54, 1.807) is 19.2 Å². The monoisotopic (exact) mass is 424 g/mol. The highest BCUT2D eigenvalue weighted by Gasteiger charge is 2.31. The van der Waals surface area contributed by atoms with Crippen LogP contribution in [0.3, 0.4) is 0 Å². The molecule has 0 saturated heterocycles. The fourth-order valence-electron chi connectivity index (χ4n) is 3.67. The summed E-state index contributed by atoms with van der Waals surface area (Å²) in [6, 6.07) is 22.0. The number of aryl methyl sites for hydroxylation is 1. The van der Waals surface area contributed by atoms with E-state index < -0.39 is 0 Å². The molecule has 0 N–H and O–H groups in total. The number of halogens is 1. The highest BCUT2D eigenvalue weighted by atomic mass is 31.1. The molecular weight excluding hydrogens is 394 g/mol. The molecule has 0 radical (unpaired) electrons. The van der Waals surface area contributed by atoms with Gasteiger partial charge in [0.25, 0.3) is 0 Å². The fraction of sp³-hybridized carbons (Fsp3) is 0.308. The maximum atomic E-state index is 14.7. The minimum atomic E-state index is -0.247. The van der Waals surface area contributed by atoms with Crippen LogP contribution in [0.2, 0.25) is 0 Å². The zero-order chi connectivity index (χ0) is 21.6. The predicted octanol–water partition coefficient (Wildman–Crippen LogP) is 6.34. The Morgan fingerprint density at radius 3 is 2.37 bits per heavy atom. The van der Waals surface area contributed by atoms with Crippen LogP contribution >= 0.6 is 8.58 Å². The third kappa shape index (κ3) is 5.09. The smallest absolute Gasteiger partial charge is 0.188 e. The number of hydrogen-bond acceptors (Lipinski definition) is 2. The van der Waals surface area contributed by atoms with E-state index in [-0.39, 0.29) is 17.8 Å². The fourth-order valence-corrected chi connectivity index (χ4v) is 5.22. The number of para-hydroxylation sites is 1. The van der Waals surface area contributed by atoms with Gasteiger partial charge < -0.3 is 9.47 Å². The molecule has 0 aliphatic carbocycles. The molecular formula is C26H30FO2P. The molecule has 0 aliphatic rings. The van der Waals surface area contributed by atoms with Crippen molar-refractivity contribution in [3.63, 3.8) is 0 Å². The SMILES string of the molecule is CCC(C)(Pc1c(C)cccc1F)c1cccc(Cc2ccccc2)c1OCOC. The molecule has 0 amide bonds. The van der Waals surface area contributed by atoms with Gasteiger partial charge in [-0.05, 0) is 36.1 Å². The Morgan fingerprint density at radius 1 is 0.967 bits per heavy atom. The summed E-state index contributed by atoms with van der Waals surface area (Å²) < 4.78 is 26.0. The molecule has 2 atom stereocenters. The van der Waals surface area contributed by atoms with Gasteiger partial charge in [-0.3, -0.25) is 0 Å². The standard InChI is InChI=1S/C26H30FO2P/c1-5-26(3,30-25-19(2)11-9-16-23(25)27)22-15-10-14-21(24(22)29-18-28-4)17-20-12-7-6-8-13-20/h6-16,30H,5,17-18H2,1-4H3. The van der Waals surface area contributed by atoms with Gasteiger partial charge in [0.1, 0.15) is 11.6 Å². The topological polar surface area (TPSA) is 18.5 Å². The van der Waals surface area contributed by atoms with Crippen molar-refractivity contribution < 1.29 is 13.9 Å². The summed E-state index contributed by atoms with van der Waals surface area (Å²) in [4.78, 5) is 0. The Bertz CT molecular complexity index is 954. The zero-order valence-electron chi connectivity index (χ0n) is 18.2. The van der Waals surface area contributed by atoms with Crippen molar-refractivity contribution in [2.24, 2.45) is 0 Å². The zero-order valence-corrected chi connectivity index (χ0v) is 19.2. The van der Waals surface area contributed by atoms with Crippen molar-refractivity contribution in [2.75, 3.05) is 13.9 Å². The molecule has 2 unspecified atom stereocenters. The second-order valence-corrected chi connectivity index (χ2v) is 9.60. The van der Waals surface area contributed by atoms with Crippen molar-refractivity contribution in [3.05, 3.63) is 94.8 Å². The molecule has 0 saturated carbocycles. The van der Waals surface area contributed by atoms with Crippen LogP contribution < -0.4 is 10.0 Å². The summed E-state index contributed by atoms with van der Waals surface area (Å²) in [6.45, 7) is 6.53. The van der Waals surface area contributed by atoms with E-state index in [1.807, 2.05) is 31.2 Å². The van der Waals surface area contributed by atoms with Crippen LogP contribution in [-0.4, -0.2) is 13.9 Å². The van der Waals surface area contributed by atoms with Crippen LogP contribution in [0.4, 0.5) is 4.39 Å². The third-order valence-electron chi connectivity index (χ3n) is 5.58. The average molecular weight is 424 g/mol. The molecule has 158 valence electrons. The summed E-state index contributed by atoms with van der Waals surface area (Å²) in [7, 11) is 1.92. The van der Waals surface area contributed by atoms with Crippen molar-refractivity contribution >= 4 is 13.9 Å². The molecule has 0 aliphatic heterocycles. The Morgan fingerprint density at radius 2 is 1.70 bits per heavy atom. The number of hydrogen-bond donors (Lipinski definition) is 0. The number of methoxy groups -OCH3 is 1. The first-order chi connectivity index (χ1) is 14.5. The van der Waals surface area contributed by atoms with Gasteiger partial charge in [0.15, 0.2) is 6.79 Å². The summed E-state index contributed by atoms with van der Waals surface area (Å²) >= 11 is 0. The van der Waals surface area contributed by atoms with Gasteiger partial charge in [-0.2, -0.15) is 0 Å². The second kappa shape index (κ2) is 10.2. The molecule has 0 heterocycles. The second-order valence-electron chi connectivity index (χ2n) is 7.75. The predicted molar refractivity (Wildman–Crippen MR) is 125 cm³/mol. The van der Waals surface area contributed by atoms with Gasteiger partial charge in [-0.1, -0.05) is 83.1 Å². The largest absolute Gasteiger partial charge is 0.467 e. The molecule has 4 heteroatoms. The molecule has 0 bridgehead atoms. The van der Waals surface area contributed by atoms with Crippen LogP contribution in [0, 0.1) is 12.7 Å². The first kappa shape index (κ1) is 22.5. The van der Waals surface area contributed by atoms with Crippen LogP contribution in [0.15, 0.2) is 66.7 Å². The quantitative estimate of drug-likeness (QED) is 0.295. The van der Waals surface area contributed by atoms with Crippen LogP contribution in [-0.2, 0) is 16.3 Å². The van der Waals surface area contributed by atoms with Crippen molar-refractivity contribution in [2.45, 2.75) is 38.8 Å². The van der Waals surface area contributed by atoms with Crippen molar-refractivity contribution in [1.29, 1.82) is 0 Å². The lowest BCUT2D eigenvalue weighted by Gasteiger charge is -2.32. The normalized spacial score (nSPS) is 13.5. The Labute approximate surface area is 181 Å². The molecule has 3 aromatic carbocycles. The van der Waals surface area contributed by atoms with Gasteiger partial charge in [0.05, 0.1) is 0 Å². The minimum Gasteiger partial charge on any atom is -0.467 e.